The van der Waals surface area contributed by atoms with Crippen LogP contribution in [0.15, 0.2) is 30.6 Å². The lowest BCUT2D eigenvalue weighted by Crippen LogP contribution is -2.20. The number of carbonyl (C=O) groups excluding carboxylic acids is 1. The number of fused-ring (bicyclic) bond motifs is 1. The van der Waals surface area contributed by atoms with E-state index in [1.807, 2.05) is 19.9 Å². The van der Waals surface area contributed by atoms with E-state index in [0.29, 0.717) is 5.65 Å². The van der Waals surface area contributed by atoms with Crippen LogP contribution in [-0.4, -0.2) is 36.9 Å². The van der Waals surface area contributed by atoms with Gasteiger partial charge in [0.1, 0.15) is 5.82 Å². The number of carbonyl (C=O) groups is 2. The van der Waals surface area contributed by atoms with E-state index in [4.69, 9.17) is 5.11 Å². The average Bonchev–Trinajstić information content (AvgIpc) is 2.54. The molecule has 0 fully saturated rings. The predicted molar refractivity (Wildman–Crippen MR) is 86.0 cm³/mol. The van der Waals surface area contributed by atoms with Crippen LogP contribution in [0, 0.1) is 13.8 Å². The largest absolute Gasteiger partial charge is 0.476 e. The molecule has 2 N–H and O–H groups in total. The molecule has 0 bridgehead atoms. The van der Waals surface area contributed by atoms with Crippen LogP contribution in [0.4, 0.5) is 5.82 Å². The number of pyridine rings is 2. The zero-order valence-electron chi connectivity index (χ0n) is 12.9. The van der Waals surface area contributed by atoms with Crippen molar-refractivity contribution in [3.8, 4) is 0 Å². The molecule has 24 heavy (non-hydrogen) atoms. The van der Waals surface area contributed by atoms with Gasteiger partial charge in [-0.15, -0.1) is 0 Å². The van der Waals surface area contributed by atoms with Gasteiger partial charge in [0.2, 0.25) is 0 Å². The van der Waals surface area contributed by atoms with Gasteiger partial charge in [-0.2, -0.15) is 0 Å². The molecule has 0 atom stereocenters. The highest BCUT2D eigenvalue weighted by Gasteiger charge is 2.20. The van der Waals surface area contributed by atoms with E-state index in [2.05, 4.69) is 25.3 Å². The second kappa shape index (κ2) is 5.99. The van der Waals surface area contributed by atoms with Crippen molar-refractivity contribution < 1.29 is 14.7 Å². The molecule has 0 spiro atoms. The molecule has 3 aromatic rings. The minimum atomic E-state index is -1.33. The fourth-order valence-electron chi connectivity index (χ4n) is 2.34. The number of aryl methyl sites for hydroxylation is 2. The molecule has 8 heteroatoms. The maximum Gasteiger partial charge on any atom is 0.356 e. The highest BCUT2D eigenvalue weighted by molar-refractivity contribution is 6.08. The zero-order chi connectivity index (χ0) is 17.3. The summed E-state index contributed by atoms with van der Waals surface area (Å²) in [5, 5.41) is 12.5. The van der Waals surface area contributed by atoms with Crippen LogP contribution in [0.1, 0.15) is 32.2 Å². The van der Waals surface area contributed by atoms with Gasteiger partial charge >= 0.3 is 5.97 Å². The lowest BCUT2D eigenvalue weighted by atomic mass is 10.1. The third-order valence-corrected chi connectivity index (χ3v) is 3.37. The number of rotatable bonds is 3. The first kappa shape index (κ1) is 15.5. The first-order valence-electron chi connectivity index (χ1n) is 7.06. The smallest absolute Gasteiger partial charge is 0.356 e. The molecular formula is C16H13N5O3. The highest BCUT2D eigenvalue weighted by atomic mass is 16.4. The first-order chi connectivity index (χ1) is 11.5. The van der Waals surface area contributed by atoms with Gasteiger partial charge in [0.15, 0.2) is 17.0 Å². The maximum atomic E-state index is 12.3. The standard InChI is InChI=1S/C16H13N5O3/c1-8-7-9(2)19-14-10(8)3-4-11(20-14)21-15(22)12-13(16(23)24)18-6-5-17-12/h3-7H,1-2H3,(H,23,24)(H,19,20,21,22). The number of aromatic nitrogens is 4. The molecule has 3 rings (SSSR count). The Kier molecular flexibility index (Phi) is 3.87. The third-order valence-electron chi connectivity index (χ3n) is 3.37. The Morgan fingerprint density at radius 1 is 1.04 bits per heavy atom. The summed E-state index contributed by atoms with van der Waals surface area (Å²) >= 11 is 0. The first-order valence-corrected chi connectivity index (χ1v) is 7.06. The van der Waals surface area contributed by atoms with E-state index >= 15 is 0 Å². The van der Waals surface area contributed by atoms with Crippen LogP contribution in [-0.2, 0) is 0 Å². The molecule has 120 valence electrons. The second-order valence-electron chi connectivity index (χ2n) is 5.16. The summed E-state index contributed by atoms with van der Waals surface area (Å²) in [6, 6.07) is 5.37. The molecule has 0 radical (unpaired) electrons. The highest BCUT2D eigenvalue weighted by Crippen LogP contribution is 2.18. The Morgan fingerprint density at radius 3 is 2.46 bits per heavy atom. The van der Waals surface area contributed by atoms with Gasteiger partial charge in [-0.1, -0.05) is 0 Å². The lowest BCUT2D eigenvalue weighted by molar-refractivity contribution is 0.0685. The van der Waals surface area contributed by atoms with Gasteiger partial charge in [-0.3, -0.25) is 4.79 Å². The predicted octanol–water partition coefficient (Wildman–Crippen LogP) is 1.99. The SMILES string of the molecule is Cc1cc(C)c2ccc(NC(=O)c3nccnc3C(=O)O)nc2n1. The summed E-state index contributed by atoms with van der Waals surface area (Å²) < 4.78 is 0. The number of nitrogens with zero attached hydrogens (tertiary/aromatic N) is 4. The van der Waals surface area contributed by atoms with Crippen LogP contribution >= 0.6 is 0 Å². The molecule has 1 amide bonds. The van der Waals surface area contributed by atoms with Crippen molar-refractivity contribution in [2.45, 2.75) is 13.8 Å². The van der Waals surface area contributed by atoms with Gasteiger partial charge in [0.25, 0.3) is 5.91 Å². The minimum absolute atomic E-state index is 0.256. The molecule has 3 aromatic heterocycles. The number of hydrogen-bond donors (Lipinski definition) is 2. The fourth-order valence-corrected chi connectivity index (χ4v) is 2.34. The molecule has 0 saturated heterocycles. The number of nitrogens with one attached hydrogen (secondary N) is 1. The second-order valence-corrected chi connectivity index (χ2v) is 5.16. The summed E-state index contributed by atoms with van der Waals surface area (Å²) in [5.41, 5.74) is 1.66. The van der Waals surface area contributed by atoms with Crippen LogP contribution < -0.4 is 5.32 Å². The van der Waals surface area contributed by atoms with Crippen molar-refractivity contribution in [3.05, 3.63) is 53.2 Å². The minimum Gasteiger partial charge on any atom is -0.476 e. The van der Waals surface area contributed by atoms with Gasteiger partial charge in [-0.25, -0.2) is 24.7 Å². The van der Waals surface area contributed by atoms with Crippen molar-refractivity contribution >= 4 is 28.7 Å². The molecular weight excluding hydrogens is 310 g/mol. The number of anilines is 1. The van der Waals surface area contributed by atoms with E-state index in [9.17, 15) is 9.59 Å². The Labute approximate surface area is 136 Å². The molecule has 0 unspecified atom stereocenters. The van der Waals surface area contributed by atoms with E-state index < -0.39 is 17.6 Å². The molecule has 0 aliphatic rings. The third kappa shape index (κ3) is 2.89. The molecule has 0 aliphatic heterocycles. The number of carboxylic acid groups (broad SMARTS) is 1. The topological polar surface area (TPSA) is 118 Å². The summed E-state index contributed by atoms with van der Waals surface area (Å²) in [7, 11) is 0. The monoisotopic (exact) mass is 323 g/mol. The van der Waals surface area contributed by atoms with Gasteiger partial charge < -0.3 is 10.4 Å². The Hall–Kier alpha value is -3.42. The number of aromatic carboxylic acids is 1. The van der Waals surface area contributed by atoms with E-state index in [-0.39, 0.29) is 11.5 Å². The van der Waals surface area contributed by atoms with Crippen LogP contribution in [0.3, 0.4) is 0 Å². The zero-order valence-corrected chi connectivity index (χ0v) is 12.9. The Morgan fingerprint density at radius 2 is 1.75 bits per heavy atom. The van der Waals surface area contributed by atoms with Crippen LogP contribution in [0.5, 0.6) is 0 Å². The lowest BCUT2D eigenvalue weighted by Gasteiger charge is -2.08. The van der Waals surface area contributed by atoms with Crippen molar-refractivity contribution in [2.75, 3.05) is 5.32 Å². The van der Waals surface area contributed by atoms with Crippen LogP contribution in [0.2, 0.25) is 0 Å². The number of hydrogen-bond acceptors (Lipinski definition) is 6. The normalized spacial score (nSPS) is 10.6. The Bertz CT molecular complexity index is 971. The van der Waals surface area contributed by atoms with Crippen molar-refractivity contribution in [3.63, 3.8) is 0 Å². The molecule has 0 aliphatic carbocycles. The maximum absolute atomic E-state index is 12.3. The van der Waals surface area contributed by atoms with Gasteiger partial charge in [-0.05, 0) is 37.6 Å². The molecule has 0 aromatic carbocycles. The molecule has 0 saturated carbocycles. The quantitative estimate of drug-likeness (QED) is 0.756. The average molecular weight is 323 g/mol. The van der Waals surface area contributed by atoms with Crippen molar-refractivity contribution in [1.82, 2.24) is 19.9 Å². The van der Waals surface area contributed by atoms with Crippen LogP contribution in [0.25, 0.3) is 11.0 Å². The summed E-state index contributed by atoms with van der Waals surface area (Å²) in [5.74, 6) is -1.77. The number of carboxylic acids is 1. The van der Waals surface area contributed by atoms with E-state index in [1.54, 1.807) is 12.1 Å². The van der Waals surface area contributed by atoms with Crippen molar-refractivity contribution in [2.24, 2.45) is 0 Å². The molecule has 3 heterocycles. The van der Waals surface area contributed by atoms with E-state index in [1.165, 1.54) is 12.4 Å². The van der Waals surface area contributed by atoms with Gasteiger partial charge in [0.05, 0.1) is 0 Å². The summed E-state index contributed by atoms with van der Waals surface area (Å²) in [4.78, 5) is 39.5. The van der Waals surface area contributed by atoms with Gasteiger partial charge in [0, 0.05) is 23.5 Å². The summed E-state index contributed by atoms with van der Waals surface area (Å²) in [6.45, 7) is 3.81. The molecule has 8 nitrogen and oxygen atoms in total. The van der Waals surface area contributed by atoms with E-state index in [0.717, 1.165) is 16.6 Å². The number of amides is 1. The summed E-state index contributed by atoms with van der Waals surface area (Å²) in [6.07, 6.45) is 2.47. The van der Waals surface area contributed by atoms with Crippen molar-refractivity contribution in [1.29, 1.82) is 0 Å². The Balaban J connectivity index is 1.95. The fraction of sp³-hybridized carbons (Fsp3) is 0.125.